The van der Waals surface area contributed by atoms with E-state index in [0.717, 1.165) is 6.42 Å². The predicted octanol–water partition coefficient (Wildman–Crippen LogP) is -0.0209. The minimum absolute atomic E-state index is 0.145. The number of rotatable bonds is 6. The van der Waals surface area contributed by atoms with Gasteiger partial charge in [0.1, 0.15) is 18.3 Å². The Kier molecular flexibility index (Phi) is 5.13. The highest BCUT2D eigenvalue weighted by molar-refractivity contribution is 5.82. The van der Waals surface area contributed by atoms with Crippen LogP contribution >= 0.6 is 0 Å². The van der Waals surface area contributed by atoms with Crippen LogP contribution in [-0.2, 0) is 4.74 Å². The molecule has 2 aromatic rings. The summed E-state index contributed by atoms with van der Waals surface area (Å²) >= 11 is 0. The van der Waals surface area contributed by atoms with Crippen LogP contribution in [-0.4, -0.2) is 66.4 Å². The molecule has 10 heteroatoms. The molecule has 5 N–H and O–H groups in total. The largest absolute Gasteiger partial charge is 0.463 e. The number of anilines is 1. The number of ether oxygens (including phenoxy) is 2. The van der Waals surface area contributed by atoms with Crippen molar-refractivity contribution in [3.05, 3.63) is 6.33 Å². The van der Waals surface area contributed by atoms with Gasteiger partial charge in [-0.3, -0.25) is 4.57 Å². The first-order valence-electron chi connectivity index (χ1n) is 9.33. The van der Waals surface area contributed by atoms with Crippen LogP contribution < -0.4 is 10.5 Å². The number of hydrogen-bond donors (Lipinski definition) is 4. The lowest BCUT2D eigenvalue weighted by Crippen LogP contribution is -2.33. The summed E-state index contributed by atoms with van der Waals surface area (Å²) < 4.78 is 12.7. The maximum absolute atomic E-state index is 10.3. The zero-order chi connectivity index (χ0) is 19.0. The van der Waals surface area contributed by atoms with Gasteiger partial charge in [0.15, 0.2) is 23.2 Å². The van der Waals surface area contributed by atoms with E-state index in [1.807, 2.05) is 0 Å². The molecule has 1 aliphatic carbocycles. The Hall–Kier alpha value is -2.01. The van der Waals surface area contributed by atoms with Gasteiger partial charge in [-0.25, -0.2) is 4.98 Å². The third-order valence-corrected chi connectivity index (χ3v) is 5.45. The molecule has 148 valence electrons. The molecule has 27 heavy (non-hydrogen) atoms. The van der Waals surface area contributed by atoms with Crippen molar-refractivity contribution >= 4 is 17.0 Å². The number of aromatic nitrogens is 4. The molecule has 3 heterocycles. The van der Waals surface area contributed by atoms with Crippen LogP contribution in [0.3, 0.4) is 0 Å². The SMILES string of the molecule is Nc1nc(OCCC2CCCC2)nc2c1ncn2[C@@H]1O[C@H](CO)[C@@H](O)[C@H]1O. The summed E-state index contributed by atoms with van der Waals surface area (Å²) in [6, 6.07) is 0.145. The second kappa shape index (κ2) is 7.55. The average Bonchev–Trinajstić information content (AvgIpc) is 3.37. The van der Waals surface area contributed by atoms with Gasteiger partial charge in [0.2, 0.25) is 0 Å². The summed E-state index contributed by atoms with van der Waals surface area (Å²) in [5, 5.41) is 29.5. The molecule has 1 aliphatic heterocycles. The van der Waals surface area contributed by atoms with Crippen LogP contribution in [0.4, 0.5) is 5.82 Å². The molecule has 0 amide bonds. The highest BCUT2D eigenvalue weighted by Gasteiger charge is 2.44. The fourth-order valence-corrected chi connectivity index (χ4v) is 3.89. The highest BCUT2D eigenvalue weighted by atomic mass is 16.6. The number of nitrogen functional groups attached to an aromatic ring is 1. The first-order chi connectivity index (χ1) is 13.1. The lowest BCUT2D eigenvalue weighted by atomic mass is 10.1. The van der Waals surface area contributed by atoms with E-state index >= 15 is 0 Å². The number of hydrogen-bond acceptors (Lipinski definition) is 9. The molecular formula is C17H25N5O5. The van der Waals surface area contributed by atoms with Crippen molar-refractivity contribution in [2.45, 2.75) is 56.6 Å². The molecule has 10 nitrogen and oxygen atoms in total. The second-order valence-corrected chi connectivity index (χ2v) is 7.23. The standard InChI is InChI=1S/C17H25N5O5/c18-14-11-15(21-17(20-14)26-6-5-9-3-1-2-4-9)22(8-19-11)16-13(25)12(24)10(7-23)27-16/h8-10,12-13,16,23-25H,1-7H2,(H2,18,20,21)/t10-,12-,13-,16-/m1/s1. The molecule has 2 aliphatic rings. The van der Waals surface area contributed by atoms with Gasteiger partial charge < -0.3 is 30.5 Å². The molecule has 1 saturated carbocycles. The Labute approximate surface area is 156 Å². The number of nitrogens with zero attached hydrogens (tertiary/aromatic N) is 4. The van der Waals surface area contributed by atoms with Gasteiger partial charge in [0.05, 0.1) is 19.5 Å². The average molecular weight is 379 g/mol. The van der Waals surface area contributed by atoms with Crippen LogP contribution in [0.2, 0.25) is 0 Å². The van der Waals surface area contributed by atoms with Gasteiger partial charge in [-0.05, 0) is 12.3 Å². The van der Waals surface area contributed by atoms with Crippen LogP contribution in [0.15, 0.2) is 6.33 Å². The van der Waals surface area contributed by atoms with E-state index in [-0.39, 0.29) is 11.8 Å². The molecule has 0 aromatic carbocycles. The minimum atomic E-state index is -1.23. The van der Waals surface area contributed by atoms with E-state index in [2.05, 4.69) is 15.0 Å². The maximum atomic E-state index is 10.3. The predicted molar refractivity (Wildman–Crippen MR) is 94.8 cm³/mol. The van der Waals surface area contributed by atoms with E-state index in [9.17, 15) is 15.3 Å². The summed E-state index contributed by atoms with van der Waals surface area (Å²) in [7, 11) is 0. The quantitative estimate of drug-likeness (QED) is 0.543. The molecule has 1 saturated heterocycles. The van der Waals surface area contributed by atoms with Crippen molar-refractivity contribution in [2.75, 3.05) is 18.9 Å². The molecule has 0 spiro atoms. The number of aliphatic hydroxyl groups excluding tert-OH is 3. The molecule has 2 fully saturated rings. The number of fused-ring (bicyclic) bond motifs is 1. The minimum Gasteiger partial charge on any atom is -0.463 e. The fourth-order valence-electron chi connectivity index (χ4n) is 3.89. The van der Waals surface area contributed by atoms with Crippen molar-refractivity contribution in [3.8, 4) is 6.01 Å². The number of imidazole rings is 1. The molecule has 0 unspecified atom stereocenters. The lowest BCUT2D eigenvalue weighted by molar-refractivity contribution is -0.0511. The Balaban J connectivity index is 1.54. The van der Waals surface area contributed by atoms with Crippen LogP contribution in [0.25, 0.3) is 11.2 Å². The van der Waals surface area contributed by atoms with Crippen molar-refractivity contribution in [1.29, 1.82) is 0 Å². The molecule has 4 rings (SSSR count). The van der Waals surface area contributed by atoms with Gasteiger partial charge in [-0.15, -0.1) is 0 Å². The summed E-state index contributed by atoms with van der Waals surface area (Å²) in [4.78, 5) is 12.7. The summed E-state index contributed by atoms with van der Waals surface area (Å²) in [6.07, 6.45) is 3.14. The third kappa shape index (κ3) is 3.45. The molecule has 2 aromatic heterocycles. The van der Waals surface area contributed by atoms with Gasteiger partial charge in [-0.2, -0.15) is 9.97 Å². The van der Waals surface area contributed by atoms with Crippen molar-refractivity contribution < 1.29 is 24.8 Å². The lowest BCUT2D eigenvalue weighted by Gasteiger charge is -2.16. The molecule has 4 atom stereocenters. The van der Waals surface area contributed by atoms with Crippen molar-refractivity contribution in [1.82, 2.24) is 19.5 Å². The Morgan fingerprint density at radius 1 is 1.22 bits per heavy atom. The zero-order valence-corrected chi connectivity index (χ0v) is 14.9. The first-order valence-corrected chi connectivity index (χ1v) is 9.33. The summed E-state index contributed by atoms with van der Waals surface area (Å²) in [5.41, 5.74) is 6.68. The second-order valence-electron chi connectivity index (χ2n) is 7.23. The van der Waals surface area contributed by atoms with E-state index < -0.39 is 31.1 Å². The molecule has 0 radical (unpaired) electrons. The third-order valence-electron chi connectivity index (χ3n) is 5.45. The zero-order valence-electron chi connectivity index (χ0n) is 14.9. The summed E-state index contributed by atoms with van der Waals surface area (Å²) in [6.45, 7) is 0.103. The molecular weight excluding hydrogens is 354 g/mol. The van der Waals surface area contributed by atoms with E-state index in [1.165, 1.54) is 36.6 Å². The smallest absolute Gasteiger partial charge is 0.320 e. The Morgan fingerprint density at radius 2 is 2.00 bits per heavy atom. The van der Waals surface area contributed by atoms with Crippen molar-refractivity contribution in [2.24, 2.45) is 5.92 Å². The van der Waals surface area contributed by atoms with Gasteiger partial charge >= 0.3 is 6.01 Å². The van der Waals surface area contributed by atoms with Crippen molar-refractivity contribution in [3.63, 3.8) is 0 Å². The topological polar surface area (TPSA) is 149 Å². The first kappa shape index (κ1) is 18.4. The van der Waals surface area contributed by atoms with E-state index in [0.29, 0.717) is 23.7 Å². The van der Waals surface area contributed by atoms with Crippen LogP contribution in [0.1, 0.15) is 38.3 Å². The van der Waals surface area contributed by atoms with Gasteiger partial charge in [0, 0.05) is 0 Å². The van der Waals surface area contributed by atoms with Crippen LogP contribution in [0.5, 0.6) is 6.01 Å². The van der Waals surface area contributed by atoms with Crippen LogP contribution in [0, 0.1) is 5.92 Å². The highest BCUT2D eigenvalue weighted by Crippen LogP contribution is 2.32. The fraction of sp³-hybridized carbons (Fsp3) is 0.706. The normalized spacial score (nSPS) is 29.0. The van der Waals surface area contributed by atoms with E-state index in [1.54, 1.807) is 0 Å². The van der Waals surface area contributed by atoms with Gasteiger partial charge in [0.25, 0.3) is 0 Å². The summed E-state index contributed by atoms with van der Waals surface area (Å²) in [5.74, 6) is 0.858. The van der Waals surface area contributed by atoms with E-state index in [4.69, 9.17) is 15.2 Å². The number of nitrogens with two attached hydrogens (primary N) is 1. The van der Waals surface area contributed by atoms with Gasteiger partial charge in [-0.1, -0.05) is 25.7 Å². The Bertz CT molecular complexity index is 793. The monoisotopic (exact) mass is 379 g/mol. The number of aliphatic hydroxyl groups is 3. The maximum Gasteiger partial charge on any atom is 0.320 e. The Morgan fingerprint density at radius 3 is 2.70 bits per heavy atom. The molecule has 0 bridgehead atoms.